The fraction of sp³-hybridized carbons (Fsp3) is 0.273. The van der Waals surface area contributed by atoms with Crippen molar-refractivity contribution in [3.8, 4) is 17.0 Å². The molecule has 1 aromatic heterocycles. The standard InChI is InChI=1S/C22H24N4O4S/c1-2-30-19-7-9-20(10-8-19)31(27,28)25-18-5-3-17(4-6-18)21-11-12-22(24-23-21)26-13-15-29-16-14-26/h3-12,25H,2,13-16H2,1H3. The molecule has 0 radical (unpaired) electrons. The number of aromatic nitrogens is 2. The molecule has 0 amide bonds. The molecule has 0 unspecified atom stereocenters. The third-order valence-electron chi connectivity index (χ3n) is 4.86. The summed E-state index contributed by atoms with van der Waals surface area (Å²) >= 11 is 0. The molecular weight excluding hydrogens is 416 g/mol. The van der Waals surface area contributed by atoms with Crippen LogP contribution in [0, 0.1) is 0 Å². The van der Waals surface area contributed by atoms with Gasteiger partial charge in [0.05, 0.1) is 30.4 Å². The van der Waals surface area contributed by atoms with Crippen LogP contribution in [-0.4, -0.2) is 51.5 Å². The van der Waals surface area contributed by atoms with Crippen molar-refractivity contribution in [1.82, 2.24) is 10.2 Å². The number of morpholine rings is 1. The number of benzene rings is 2. The molecule has 0 spiro atoms. The van der Waals surface area contributed by atoms with Crippen LogP contribution >= 0.6 is 0 Å². The molecule has 1 aliphatic heterocycles. The molecule has 0 saturated carbocycles. The maximum atomic E-state index is 12.6. The van der Waals surface area contributed by atoms with Crippen LogP contribution in [0.3, 0.4) is 0 Å². The minimum atomic E-state index is -3.69. The van der Waals surface area contributed by atoms with Crippen molar-refractivity contribution in [2.45, 2.75) is 11.8 Å². The fourth-order valence-corrected chi connectivity index (χ4v) is 4.30. The minimum Gasteiger partial charge on any atom is -0.494 e. The number of ether oxygens (including phenoxy) is 2. The summed E-state index contributed by atoms with van der Waals surface area (Å²) in [6.45, 7) is 5.39. The number of rotatable bonds is 7. The average Bonchev–Trinajstić information content (AvgIpc) is 2.81. The van der Waals surface area contributed by atoms with Gasteiger partial charge in [0.2, 0.25) is 0 Å². The van der Waals surface area contributed by atoms with E-state index in [-0.39, 0.29) is 4.90 Å². The van der Waals surface area contributed by atoms with Gasteiger partial charge >= 0.3 is 0 Å². The molecule has 2 heterocycles. The van der Waals surface area contributed by atoms with Gasteiger partial charge in [0.1, 0.15) is 5.75 Å². The summed E-state index contributed by atoms with van der Waals surface area (Å²) < 4.78 is 38.6. The first-order valence-electron chi connectivity index (χ1n) is 10.1. The van der Waals surface area contributed by atoms with E-state index in [2.05, 4.69) is 19.8 Å². The zero-order chi connectivity index (χ0) is 21.7. The van der Waals surface area contributed by atoms with Crippen LogP contribution in [0.15, 0.2) is 65.6 Å². The Morgan fingerprint density at radius 2 is 1.68 bits per heavy atom. The van der Waals surface area contributed by atoms with Gasteiger partial charge < -0.3 is 14.4 Å². The molecule has 0 aliphatic carbocycles. The molecule has 1 aliphatic rings. The Kier molecular flexibility index (Phi) is 6.34. The van der Waals surface area contributed by atoms with Crippen LogP contribution in [0.1, 0.15) is 6.92 Å². The van der Waals surface area contributed by atoms with E-state index >= 15 is 0 Å². The first kappa shape index (κ1) is 21.1. The van der Waals surface area contributed by atoms with E-state index in [9.17, 15) is 8.42 Å². The molecule has 0 bridgehead atoms. The second-order valence-corrected chi connectivity index (χ2v) is 8.65. The summed E-state index contributed by atoms with van der Waals surface area (Å²) in [4.78, 5) is 2.31. The van der Waals surface area contributed by atoms with E-state index in [0.717, 1.165) is 30.2 Å². The first-order chi connectivity index (χ1) is 15.0. The zero-order valence-corrected chi connectivity index (χ0v) is 18.0. The molecule has 3 aromatic rings. The second-order valence-electron chi connectivity index (χ2n) is 6.96. The van der Waals surface area contributed by atoms with E-state index < -0.39 is 10.0 Å². The smallest absolute Gasteiger partial charge is 0.261 e. The third-order valence-corrected chi connectivity index (χ3v) is 6.26. The Bertz CT molecular complexity index is 1100. The molecule has 9 heteroatoms. The molecule has 1 fully saturated rings. The van der Waals surface area contributed by atoms with E-state index in [0.29, 0.717) is 31.3 Å². The van der Waals surface area contributed by atoms with Crippen molar-refractivity contribution in [1.29, 1.82) is 0 Å². The van der Waals surface area contributed by atoms with Gasteiger partial charge in [-0.3, -0.25) is 4.72 Å². The van der Waals surface area contributed by atoms with Crippen molar-refractivity contribution < 1.29 is 17.9 Å². The summed E-state index contributed by atoms with van der Waals surface area (Å²) in [5.41, 5.74) is 2.04. The quantitative estimate of drug-likeness (QED) is 0.603. The SMILES string of the molecule is CCOc1ccc(S(=O)(=O)Nc2ccc(-c3ccc(N4CCOCC4)nn3)cc2)cc1. The van der Waals surface area contributed by atoms with Crippen molar-refractivity contribution in [3.05, 3.63) is 60.7 Å². The van der Waals surface area contributed by atoms with Crippen LogP contribution in [-0.2, 0) is 14.8 Å². The van der Waals surface area contributed by atoms with Gasteiger partial charge in [0.25, 0.3) is 10.0 Å². The number of hydrogen-bond donors (Lipinski definition) is 1. The largest absolute Gasteiger partial charge is 0.494 e. The highest BCUT2D eigenvalue weighted by atomic mass is 32.2. The maximum absolute atomic E-state index is 12.6. The highest BCUT2D eigenvalue weighted by Gasteiger charge is 2.15. The van der Waals surface area contributed by atoms with Crippen molar-refractivity contribution in [2.24, 2.45) is 0 Å². The molecule has 1 saturated heterocycles. The second kappa shape index (κ2) is 9.32. The zero-order valence-electron chi connectivity index (χ0n) is 17.2. The third kappa shape index (κ3) is 5.12. The van der Waals surface area contributed by atoms with Gasteiger partial charge in [0, 0.05) is 24.3 Å². The number of sulfonamides is 1. The Balaban J connectivity index is 1.44. The maximum Gasteiger partial charge on any atom is 0.261 e. The van der Waals surface area contributed by atoms with Crippen LogP contribution in [0.25, 0.3) is 11.3 Å². The van der Waals surface area contributed by atoms with Crippen molar-refractivity contribution in [3.63, 3.8) is 0 Å². The summed E-state index contributed by atoms with van der Waals surface area (Å²) in [6.07, 6.45) is 0. The Morgan fingerprint density at radius 1 is 0.968 bits per heavy atom. The van der Waals surface area contributed by atoms with E-state index in [1.54, 1.807) is 24.3 Å². The van der Waals surface area contributed by atoms with E-state index in [1.165, 1.54) is 12.1 Å². The lowest BCUT2D eigenvalue weighted by Gasteiger charge is -2.27. The molecule has 1 N–H and O–H groups in total. The summed E-state index contributed by atoms with van der Waals surface area (Å²) in [5, 5.41) is 8.64. The molecule has 4 rings (SSSR count). The molecular formula is C22H24N4O4S. The highest BCUT2D eigenvalue weighted by Crippen LogP contribution is 2.23. The van der Waals surface area contributed by atoms with Gasteiger partial charge in [-0.05, 0) is 55.5 Å². The highest BCUT2D eigenvalue weighted by molar-refractivity contribution is 7.92. The number of hydrogen-bond acceptors (Lipinski definition) is 7. The van der Waals surface area contributed by atoms with E-state index in [4.69, 9.17) is 9.47 Å². The lowest BCUT2D eigenvalue weighted by atomic mass is 10.1. The van der Waals surface area contributed by atoms with Gasteiger partial charge in [-0.1, -0.05) is 12.1 Å². The predicted molar refractivity (Wildman–Crippen MR) is 119 cm³/mol. The Hall–Kier alpha value is -3.17. The normalized spacial score (nSPS) is 14.3. The number of anilines is 2. The van der Waals surface area contributed by atoms with Gasteiger partial charge in [-0.25, -0.2) is 8.42 Å². The number of nitrogens with zero attached hydrogens (tertiary/aromatic N) is 3. The molecule has 0 atom stereocenters. The molecule has 2 aromatic carbocycles. The van der Waals surface area contributed by atoms with Gasteiger partial charge in [-0.2, -0.15) is 0 Å². The van der Waals surface area contributed by atoms with Gasteiger partial charge in [-0.15, -0.1) is 10.2 Å². The summed E-state index contributed by atoms with van der Waals surface area (Å²) in [7, 11) is -3.69. The molecule has 31 heavy (non-hydrogen) atoms. The van der Waals surface area contributed by atoms with Crippen LogP contribution in [0.5, 0.6) is 5.75 Å². The van der Waals surface area contributed by atoms with Crippen LogP contribution < -0.4 is 14.4 Å². The summed E-state index contributed by atoms with van der Waals surface area (Å²) in [6, 6.07) is 17.2. The van der Waals surface area contributed by atoms with Crippen LogP contribution in [0.2, 0.25) is 0 Å². The summed E-state index contributed by atoms with van der Waals surface area (Å²) in [5.74, 6) is 1.46. The molecule has 162 valence electrons. The lowest BCUT2D eigenvalue weighted by Crippen LogP contribution is -2.36. The average molecular weight is 441 g/mol. The van der Waals surface area contributed by atoms with E-state index in [1.807, 2.05) is 31.2 Å². The number of nitrogens with one attached hydrogen (secondary N) is 1. The monoisotopic (exact) mass is 440 g/mol. The topological polar surface area (TPSA) is 93.7 Å². The fourth-order valence-electron chi connectivity index (χ4n) is 3.25. The van der Waals surface area contributed by atoms with Gasteiger partial charge in [0.15, 0.2) is 5.82 Å². The molecule has 8 nitrogen and oxygen atoms in total. The lowest BCUT2D eigenvalue weighted by molar-refractivity contribution is 0.122. The Morgan fingerprint density at radius 3 is 2.29 bits per heavy atom. The first-order valence-corrected chi connectivity index (χ1v) is 11.6. The Labute approximate surface area is 181 Å². The predicted octanol–water partition coefficient (Wildman–Crippen LogP) is 3.18. The van der Waals surface area contributed by atoms with Crippen molar-refractivity contribution in [2.75, 3.05) is 42.5 Å². The van der Waals surface area contributed by atoms with Crippen molar-refractivity contribution >= 4 is 21.5 Å². The van der Waals surface area contributed by atoms with Crippen LogP contribution in [0.4, 0.5) is 11.5 Å². The minimum absolute atomic E-state index is 0.171.